The number of piperidine rings is 1. The molecule has 3 aliphatic rings. The Balaban J connectivity index is 1.28. The van der Waals surface area contributed by atoms with Gasteiger partial charge in [0.25, 0.3) is 0 Å². The molecule has 344 valence electrons. The molecule has 0 aromatic heterocycles. The zero-order chi connectivity index (χ0) is 45.7. The van der Waals surface area contributed by atoms with Gasteiger partial charge in [0.1, 0.15) is 29.8 Å². The first-order valence-corrected chi connectivity index (χ1v) is 22.4. The summed E-state index contributed by atoms with van der Waals surface area (Å²) in [6, 6.07) is 13.5. The van der Waals surface area contributed by atoms with Crippen LogP contribution in [-0.2, 0) is 41.6 Å². The predicted octanol–water partition coefficient (Wildman–Crippen LogP) is 4.16. The maximum absolute atomic E-state index is 14.3. The summed E-state index contributed by atoms with van der Waals surface area (Å²) < 4.78 is 5.34. The van der Waals surface area contributed by atoms with E-state index < -0.39 is 59.7 Å². The van der Waals surface area contributed by atoms with Gasteiger partial charge in [0.2, 0.25) is 29.5 Å². The summed E-state index contributed by atoms with van der Waals surface area (Å²) in [5.74, 6) is -1.79. The summed E-state index contributed by atoms with van der Waals surface area (Å²) in [6.45, 7) is 11.9. The Morgan fingerprint density at radius 1 is 0.714 bits per heavy atom. The van der Waals surface area contributed by atoms with Crippen LogP contribution in [0.2, 0.25) is 0 Å². The van der Waals surface area contributed by atoms with Gasteiger partial charge in [-0.15, -0.1) is 0 Å². The molecule has 2 saturated heterocycles. The lowest BCUT2D eigenvalue weighted by atomic mass is 9.71. The topological polar surface area (TPSA) is 216 Å². The number of alkyl carbamates (subject to hydrolysis) is 1. The van der Waals surface area contributed by atoms with Crippen LogP contribution < -0.4 is 26.6 Å². The largest absolute Gasteiger partial charge is 0.465 e. The number of unbranched alkanes of at least 4 members (excludes halogenated alkanes) is 1. The van der Waals surface area contributed by atoms with Crippen LogP contribution in [-0.4, -0.2) is 119 Å². The first-order chi connectivity index (χ1) is 29.9. The van der Waals surface area contributed by atoms with Crippen molar-refractivity contribution in [1.29, 1.82) is 0 Å². The minimum atomic E-state index is -1.40. The molecule has 2 aliphatic heterocycles. The number of rotatable bonds is 20. The molecule has 0 unspecified atom stereocenters. The maximum Gasteiger partial charge on any atom is 0.407 e. The number of amides is 7. The van der Waals surface area contributed by atoms with Crippen LogP contribution in [0.15, 0.2) is 60.7 Å². The monoisotopic (exact) mass is 874 g/mol. The molecule has 7 amide bonds. The molecule has 0 radical (unpaired) electrons. The minimum absolute atomic E-state index is 0.00297. The van der Waals surface area contributed by atoms with Crippen molar-refractivity contribution in [2.75, 3.05) is 32.7 Å². The minimum Gasteiger partial charge on any atom is -0.465 e. The van der Waals surface area contributed by atoms with Crippen molar-refractivity contribution >= 4 is 41.7 Å². The number of nitrogens with one attached hydrogen (secondary N) is 5. The molecular formula is C47H67N7O9. The van der Waals surface area contributed by atoms with Gasteiger partial charge in [-0.3, -0.25) is 24.0 Å². The van der Waals surface area contributed by atoms with Gasteiger partial charge in [0, 0.05) is 56.9 Å². The lowest BCUT2D eigenvalue weighted by molar-refractivity contribution is -0.152. The van der Waals surface area contributed by atoms with E-state index in [1.807, 2.05) is 30.9 Å². The van der Waals surface area contributed by atoms with Crippen LogP contribution in [0.5, 0.6) is 0 Å². The summed E-state index contributed by atoms with van der Waals surface area (Å²) in [6.07, 6.45) is 3.09. The lowest BCUT2D eigenvalue weighted by Crippen LogP contribution is -2.63. The van der Waals surface area contributed by atoms with Crippen molar-refractivity contribution in [3.63, 3.8) is 0 Å². The van der Waals surface area contributed by atoms with E-state index in [1.54, 1.807) is 74.2 Å². The zero-order valence-corrected chi connectivity index (χ0v) is 37.5. The van der Waals surface area contributed by atoms with Crippen molar-refractivity contribution in [1.82, 2.24) is 36.4 Å². The Labute approximate surface area is 371 Å². The number of hydrogen-bond donors (Lipinski definition) is 6. The second-order valence-electron chi connectivity index (χ2n) is 18.9. The Morgan fingerprint density at radius 3 is 1.73 bits per heavy atom. The fraction of sp³-hybridized carbons (Fsp3) is 0.596. The number of carbonyl (C=O) groups excluding carboxylic acids is 6. The molecule has 1 spiro atoms. The van der Waals surface area contributed by atoms with E-state index >= 15 is 0 Å². The van der Waals surface area contributed by atoms with Gasteiger partial charge in [0.05, 0.1) is 0 Å². The van der Waals surface area contributed by atoms with E-state index in [0.717, 1.165) is 31.2 Å². The van der Waals surface area contributed by atoms with Crippen molar-refractivity contribution in [2.45, 2.75) is 129 Å². The third-order valence-electron chi connectivity index (χ3n) is 11.8. The predicted molar refractivity (Wildman–Crippen MR) is 236 cm³/mol. The number of carbonyl (C=O) groups is 7. The summed E-state index contributed by atoms with van der Waals surface area (Å²) in [7, 11) is 0. The fourth-order valence-electron chi connectivity index (χ4n) is 8.27. The van der Waals surface area contributed by atoms with Gasteiger partial charge >= 0.3 is 12.2 Å². The van der Waals surface area contributed by atoms with Crippen LogP contribution in [0.1, 0.15) is 97.1 Å². The number of carboxylic acid groups (broad SMARTS) is 1. The van der Waals surface area contributed by atoms with Crippen molar-refractivity contribution in [2.24, 2.45) is 17.3 Å². The van der Waals surface area contributed by atoms with Crippen LogP contribution in [0.4, 0.5) is 9.59 Å². The van der Waals surface area contributed by atoms with Crippen LogP contribution in [0, 0.1) is 17.3 Å². The highest BCUT2D eigenvalue weighted by Gasteiger charge is 2.50. The van der Waals surface area contributed by atoms with Crippen LogP contribution >= 0.6 is 0 Å². The van der Waals surface area contributed by atoms with E-state index in [9.17, 15) is 38.7 Å². The molecular weight excluding hydrogens is 807 g/mol. The Kier molecular flexibility index (Phi) is 17.0. The second-order valence-corrected chi connectivity index (χ2v) is 18.9. The SMILES string of the molecule is CC(C)C[C@@H](NC(=O)[C@@H](Cc1ccccc1)NC(=O)[C@@H](Cc1ccccc1)NC(=O)O)C(=O)N[C@H](CCCCNC(=O)OC(C)(C)C)C(=O)N1CCC2(CC1)CN(C(=O)C1CC1)C2. The van der Waals surface area contributed by atoms with Crippen LogP contribution in [0.25, 0.3) is 0 Å². The van der Waals surface area contributed by atoms with E-state index in [4.69, 9.17) is 4.74 Å². The average molecular weight is 874 g/mol. The molecule has 2 aromatic carbocycles. The first kappa shape index (κ1) is 48.4. The third-order valence-corrected chi connectivity index (χ3v) is 11.8. The van der Waals surface area contributed by atoms with Gasteiger partial charge in [-0.1, -0.05) is 74.5 Å². The van der Waals surface area contributed by atoms with E-state index in [1.165, 1.54) is 0 Å². The Bertz CT molecular complexity index is 1880. The quantitative estimate of drug-likeness (QED) is 0.105. The van der Waals surface area contributed by atoms with Crippen molar-refractivity contribution < 1.29 is 43.4 Å². The van der Waals surface area contributed by atoms with Gasteiger partial charge in [0.15, 0.2) is 0 Å². The molecule has 16 nitrogen and oxygen atoms in total. The average Bonchev–Trinajstić information content (AvgIpc) is 4.07. The highest BCUT2D eigenvalue weighted by Crippen LogP contribution is 2.43. The summed E-state index contributed by atoms with van der Waals surface area (Å²) in [5.41, 5.74) is 0.789. The molecule has 16 heteroatoms. The number of ether oxygens (including phenoxy) is 1. The second kappa shape index (κ2) is 22.1. The molecule has 2 aromatic rings. The lowest BCUT2D eigenvalue weighted by Gasteiger charge is -2.54. The third kappa shape index (κ3) is 15.3. The van der Waals surface area contributed by atoms with Gasteiger partial charge in [-0.25, -0.2) is 9.59 Å². The molecule has 1 saturated carbocycles. The van der Waals surface area contributed by atoms with E-state index in [-0.39, 0.29) is 54.7 Å². The van der Waals surface area contributed by atoms with Crippen LogP contribution in [0.3, 0.4) is 0 Å². The summed E-state index contributed by atoms with van der Waals surface area (Å²) in [5, 5.41) is 23.2. The number of likely N-dealkylation sites (tertiary alicyclic amines) is 2. The van der Waals surface area contributed by atoms with Crippen molar-refractivity contribution in [3.8, 4) is 0 Å². The molecule has 2 heterocycles. The maximum atomic E-state index is 14.3. The molecule has 1 aliphatic carbocycles. The van der Waals surface area contributed by atoms with E-state index in [0.29, 0.717) is 51.1 Å². The zero-order valence-electron chi connectivity index (χ0n) is 37.5. The molecule has 4 atom stereocenters. The molecule has 63 heavy (non-hydrogen) atoms. The highest BCUT2D eigenvalue weighted by atomic mass is 16.6. The summed E-state index contributed by atoms with van der Waals surface area (Å²) >= 11 is 0. The van der Waals surface area contributed by atoms with Crippen molar-refractivity contribution in [3.05, 3.63) is 71.8 Å². The standard InChI is InChI=1S/C47H67N7O9/c1-31(2)26-36(50-40(56)37(27-32-14-8-6-9-15-32)51-41(57)38(52-44(60)61)28-33-16-10-7-11-17-33)39(55)49-35(18-12-13-23-48-45(62)63-46(3,4)5)43(59)53-24-21-47(22-25-53)29-54(30-47)42(58)34-19-20-34/h6-11,14-17,31,34-38,52H,12-13,18-30H2,1-5H3,(H,48,62)(H,49,55)(H,50,56)(H,51,57)(H,60,61)/t35-,36-,37-,38-/m1/s1. The van der Waals surface area contributed by atoms with Gasteiger partial charge in [-0.05, 0) is 89.2 Å². The Hall–Kier alpha value is -5.67. The molecule has 5 rings (SSSR count). The number of benzene rings is 2. The molecule has 6 N–H and O–H groups in total. The molecule has 3 fully saturated rings. The number of nitrogens with zero attached hydrogens (tertiary/aromatic N) is 2. The normalized spacial score (nSPS) is 17.6. The number of hydrogen-bond acceptors (Lipinski definition) is 8. The smallest absolute Gasteiger partial charge is 0.407 e. The van der Waals surface area contributed by atoms with E-state index in [2.05, 4.69) is 26.6 Å². The van der Waals surface area contributed by atoms with Gasteiger partial charge in [-0.2, -0.15) is 0 Å². The fourth-order valence-corrected chi connectivity index (χ4v) is 8.27. The Morgan fingerprint density at radius 2 is 1.22 bits per heavy atom. The van der Waals surface area contributed by atoms with Gasteiger partial charge < -0.3 is 46.2 Å². The highest BCUT2D eigenvalue weighted by molar-refractivity contribution is 5.95. The summed E-state index contributed by atoms with van der Waals surface area (Å²) in [4.78, 5) is 97.0. The molecule has 0 bridgehead atoms. The first-order valence-electron chi connectivity index (χ1n) is 22.4.